The first-order chi connectivity index (χ1) is 11.2. The molecule has 1 heterocycles. The Morgan fingerprint density at radius 1 is 1.04 bits per heavy atom. The van der Waals surface area contributed by atoms with Crippen LogP contribution in [0.2, 0.25) is 0 Å². The maximum atomic E-state index is 12.6. The maximum Gasteiger partial charge on any atom is 0.253 e. The number of carbonyl (C=O) groups is 1. The van der Waals surface area contributed by atoms with E-state index < -0.39 is 0 Å². The van der Waals surface area contributed by atoms with Gasteiger partial charge in [0.05, 0.1) is 0 Å². The molecule has 2 N–H and O–H groups in total. The number of rotatable bonds is 3. The fourth-order valence-corrected chi connectivity index (χ4v) is 3.01. The topological polar surface area (TPSA) is 49.6 Å². The highest BCUT2D eigenvalue weighted by Crippen LogP contribution is 2.19. The number of hydrogen-bond acceptors (Lipinski definition) is 3. The van der Waals surface area contributed by atoms with Gasteiger partial charge >= 0.3 is 0 Å². The van der Waals surface area contributed by atoms with Gasteiger partial charge in [-0.05, 0) is 42.3 Å². The summed E-state index contributed by atoms with van der Waals surface area (Å²) in [6, 6.07) is 16.1. The maximum absolute atomic E-state index is 12.6. The lowest BCUT2D eigenvalue weighted by Gasteiger charge is -2.36. The van der Waals surface area contributed by atoms with Crippen molar-refractivity contribution in [3.05, 3.63) is 65.2 Å². The Labute approximate surface area is 137 Å². The number of hydrogen-bond donors (Lipinski definition) is 1. The molecule has 0 unspecified atom stereocenters. The minimum absolute atomic E-state index is 0.101. The van der Waals surface area contributed by atoms with Crippen LogP contribution in [0.5, 0.6) is 0 Å². The first-order valence-electron chi connectivity index (χ1n) is 8.07. The van der Waals surface area contributed by atoms with Gasteiger partial charge < -0.3 is 15.5 Å². The van der Waals surface area contributed by atoms with Crippen molar-refractivity contribution >= 4 is 11.6 Å². The minimum Gasteiger partial charge on any atom is -0.368 e. The molecule has 1 aliphatic rings. The van der Waals surface area contributed by atoms with Gasteiger partial charge in [0.2, 0.25) is 0 Å². The van der Waals surface area contributed by atoms with Gasteiger partial charge in [0.15, 0.2) is 0 Å². The van der Waals surface area contributed by atoms with Crippen molar-refractivity contribution in [1.29, 1.82) is 0 Å². The molecule has 0 aromatic heterocycles. The first-order valence-corrected chi connectivity index (χ1v) is 8.07. The lowest BCUT2D eigenvalue weighted by Crippen LogP contribution is -2.48. The van der Waals surface area contributed by atoms with Crippen molar-refractivity contribution in [3.8, 4) is 0 Å². The van der Waals surface area contributed by atoms with Crippen LogP contribution in [0.3, 0.4) is 0 Å². The number of aryl methyl sites for hydroxylation is 1. The molecule has 3 rings (SSSR count). The molecule has 120 valence electrons. The number of piperazine rings is 1. The van der Waals surface area contributed by atoms with Crippen molar-refractivity contribution in [2.24, 2.45) is 5.73 Å². The van der Waals surface area contributed by atoms with Crippen LogP contribution in [0.15, 0.2) is 48.5 Å². The van der Waals surface area contributed by atoms with Gasteiger partial charge in [-0.3, -0.25) is 4.79 Å². The second kappa shape index (κ2) is 6.84. The number of amides is 1. The van der Waals surface area contributed by atoms with Crippen LogP contribution >= 0.6 is 0 Å². The van der Waals surface area contributed by atoms with Gasteiger partial charge in [0.1, 0.15) is 0 Å². The van der Waals surface area contributed by atoms with E-state index in [4.69, 9.17) is 5.73 Å². The third-order valence-electron chi connectivity index (χ3n) is 4.34. The summed E-state index contributed by atoms with van der Waals surface area (Å²) in [6.07, 6.45) is 0. The minimum atomic E-state index is 0.101. The summed E-state index contributed by atoms with van der Waals surface area (Å²) in [4.78, 5) is 16.9. The van der Waals surface area contributed by atoms with Crippen molar-refractivity contribution < 1.29 is 4.79 Å². The Morgan fingerprint density at radius 2 is 1.78 bits per heavy atom. The first kappa shape index (κ1) is 15.6. The van der Waals surface area contributed by atoms with E-state index in [0.717, 1.165) is 37.3 Å². The quantitative estimate of drug-likeness (QED) is 0.947. The van der Waals surface area contributed by atoms with Crippen LogP contribution in [-0.4, -0.2) is 37.0 Å². The molecule has 1 amide bonds. The highest BCUT2D eigenvalue weighted by molar-refractivity contribution is 5.94. The fourth-order valence-electron chi connectivity index (χ4n) is 3.01. The van der Waals surface area contributed by atoms with Crippen molar-refractivity contribution in [3.63, 3.8) is 0 Å². The lowest BCUT2D eigenvalue weighted by atomic mass is 10.1. The Balaban J connectivity index is 1.65. The molecule has 0 spiro atoms. The summed E-state index contributed by atoms with van der Waals surface area (Å²) >= 11 is 0. The molecule has 0 aliphatic carbocycles. The predicted molar refractivity (Wildman–Crippen MR) is 93.6 cm³/mol. The van der Waals surface area contributed by atoms with Gasteiger partial charge in [0, 0.05) is 44.0 Å². The summed E-state index contributed by atoms with van der Waals surface area (Å²) in [6.45, 7) is 5.80. The summed E-state index contributed by atoms with van der Waals surface area (Å²) in [5.74, 6) is 0.101. The monoisotopic (exact) mass is 309 g/mol. The lowest BCUT2D eigenvalue weighted by molar-refractivity contribution is 0.0746. The number of benzene rings is 2. The van der Waals surface area contributed by atoms with Gasteiger partial charge in [-0.1, -0.05) is 24.3 Å². The van der Waals surface area contributed by atoms with Gasteiger partial charge in [-0.15, -0.1) is 0 Å². The standard InChI is InChI=1S/C19H23N3O/c1-15-4-2-7-18(12-15)21-8-10-22(11-9-21)19(23)17-6-3-5-16(13-17)14-20/h2-7,12-13H,8-11,14,20H2,1H3. The van der Waals surface area contributed by atoms with E-state index in [1.807, 2.05) is 29.2 Å². The van der Waals surface area contributed by atoms with E-state index in [1.54, 1.807) is 0 Å². The van der Waals surface area contributed by atoms with Gasteiger partial charge in [0.25, 0.3) is 5.91 Å². The summed E-state index contributed by atoms with van der Waals surface area (Å²) in [7, 11) is 0. The van der Waals surface area contributed by atoms with Crippen LogP contribution in [0.4, 0.5) is 5.69 Å². The number of anilines is 1. The highest BCUT2D eigenvalue weighted by atomic mass is 16.2. The summed E-state index contributed by atoms with van der Waals surface area (Å²) in [5.41, 5.74) is 9.89. The highest BCUT2D eigenvalue weighted by Gasteiger charge is 2.22. The average molecular weight is 309 g/mol. The molecule has 2 aromatic rings. The van der Waals surface area contributed by atoms with Gasteiger partial charge in [-0.25, -0.2) is 0 Å². The van der Waals surface area contributed by atoms with Gasteiger partial charge in [-0.2, -0.15) is 0 Å². The molecule has 1 fully saturated rings. The predicted octanol–water partition coefficient (Wildman–Crippen LogP) is 2.42. The largest absolute Gasteiger partial charge is 0.368 e. The Hall–Kier alpha value is -2.33. The second-order valence-electron chi connectivity index (χ2n) is 6.02. The van der Waals surface area contributed by atoms with E-state index in [1.165, 1.54) is 11.3 Å². The molecule has 0 atom stereocenters. The Morgan fingerprint density at radius 3 is 2.48 bits per heavy atom. The zero-order valence-electron chi connectivity index (χ0n) is 13.5. The summed E-state index contributed by atoms with van der Waals surface area (Å²) in [5, 5.41) is 0. The molecule has 0 bridgehead atoms. The molecule has 23 heavy (non-hydrogen) atoms. The number of nitrogens with two attached hydrogens (primary N) is 1. The normalized spacial score (nSPS) is 14.9. The third-order valence-corrected chi connectivity index (χ3v) is 4.34. The molecule has 1 aliphatic heterocycles. The second-order valence-corrected chi connectivity index (χ2v) is 6.02. The molecule has 4 nitrogen and oxygen atoms in total. The summed E-state index contributed by atoms with van der Waals surface area (Å²) < 4.78 is 0. The average Bonchev–Trinajstić information content (AvgIpc) is 2.61. The van der Waals surface area contributed by atoms with E-state index in [-0.39, 0.29) is 5.91 Å². The number of carbonyl (C=O) groups excluding carboxylic acids is 1. The zero-order valence-corrected chi connectivity index (χ0v) is 13.5. The van der Waals surface area contributed by atoms with Crippen LogP contribution < -0.4 is 10.6 Å². The molecule has 1 saturated heterocycles. The smallest absolute Gasteiger partial charge is 0.253 e. The Kier molecular flexibility index (Phi) is 4.63. The Bertz CT molecular complexity index is 691. The fraction of sp³-hybridized carbons (Fsp3) is 0.316. The molecule has 0 saturated carbocycles. The van der Waals surface area contributed by atoms with E-state index in [2.05, 4.69) is 36.1 Å². The van der Waals surface area contributed by atoms with Crippen molar-refractivity contribution in [2.45, 2.75) is 13.5 Å². The molecular formula is C19H23N3O. The van der Waals surface area contributed by atoms with Crippen LogP contribution in [0.1, 0.15) is 21.5 Å². The number of nitrogens with zero attached hydrogens (tertiary/aromatic N) is 2. The third kappa shape index (κ3) is 3.54. The van der Waals surface area contributed by atoms with Crippen molar-refractivity contribution in [1.82, 2.24) is 4.90 Å². The van der Waals surface area contributed by atoms with E-state index in [9.17, 15) is 4.79 Å². The van der Waals surface area contributed by atoms with Crippen molar-refractivity contribution in [2.75, 3.05) is 31.1 Å². The van der Waals surface area contributed by atoms with Crippen LogP contribution in [0.25, 0.3) is 0 Å². The molecule has 4 heteroatoms. The van der Waals surface area contributed by atoms with E-state index >= 15 is 0 Å². The zero-order chi connectivity index (χ0) is 16.2. The molecule has 2 aromatic carbocycles. The molecular weight excluding hydrogens is 286 g/mol. The SMILES string of the molecule is Cc1cccc(N2CCN(C(=O)c3cccc(CN)c3)CC2)c1. The van der Waals surface area contributed by atoms with E-state index in [0.29, 0.717) is 6.54 Å². The molecule has 0 radical (unpaired) electrons. The van der Waals surface area contributed by atoms with Crippen LogP contribution in [0, 0.1) is 6.92 Å². The van der Waals surface area contributed by atoms with Crippen LogP contribution in [-0.2, 0) is 6.54 Å².